The molecule has 0 aromatic carbocycles. The van der Waals surface area contributed by atoms with Crippen LogP contribution in [0.2, 0.25) is 0 Å². The molecule has 0 spiro atoms. The summed E-state index contributed by atoms with van der Waals surface area (Å²) in [6.45, 7) is 4.66. The smallest absolute Gasteiger partial charge is 0.222 e. The van der Waals surface area contributed by atoms with Gasteiger partial charge in [0.15, 0.2) is 0 Å². The quantitative estimate of drug-likeness (QED) is 0.792. The third-order valence-corrected chi connectivity index (χ3v) is 3.88. The Morgan fingerprint density at radius 2 is 2.27 bits per heavy atom. The zero-order chi connectivity index (χ0) is 11.1. The maximum absolute atomic E-state index is 11.8. The van der Waals surface area contributed by atoms with Gasteiger partial charge in [-0.15, -0.1) is 0 Å². The van der Waals surface area contributed by atoms with Crippen molar-refractivity contribution in [2.75, 3.05) is 31.1 Å². The second kappa shape index (κ2) is 7.12. The number of carbonyl (C=O) groups is 1. The lowest BCUT2D eigenvalue weighted by Gasteiger charge is -2.20. The molecule has 0 bridgehead atoms. The summed E-state index contributed by atoms with van der Waals surface area (Å²) in [5.41, 5.74) is 5.53. The van der Waals surface area contributed by atoms with Crippen molar-refractivity contribution in [1.29, 1.82) is 0 Å². The summed E-state index contributed by atoms with van der Waals surface area (Å²) in [6, 6.07) is 0. The summed E-state index contributed by atoms with van der Waals surface area (Å²) in [5.74, 6) is 3.08. The molecule has 0 aromatic heterocycles. The number of hydrogen-bond acceptors (Lipinski definition) is 3. The molecule has 1 aliphatic rings. The molecule has 1 fully saturated rings. The van der Waals surface area contributed by atoms with E-state index in [1.807, 2.05) is 16.7 Å². The largest absolute Gasteiger partial charge is 0.342 e. The Bertz CT molecular complexity index is 191. The molecule has 0 aromatic rings. The molecular formula is C11H22N2OS. The maximum Gasteiger partial charge on any atom is 0.222 e. The minimum Gasteiger partial charge on any atom is -0.342 e. The van der Waals surface area contributed by atoms with Crippen LogP contribution >= 0.6 is 11.8 Å². The molecule has 3 nitrogen and oxygen atoms in total. The molecule has 1 unspecified atom stereocenters. The van der Waals surface area contributed by atoms with Crippen LogP contribution < -0.4 is 5.73 Å². The fraction of sp³-hybridized carbons (Fsp3) is 0.909. The number of nitrogens with zero attached hydrogens (tertiary/aromatic N) is 1. The monoisotopic (exact) mass is 230 g/mol. The predicted molar refractivity (Wildman–Crippen MR) is 66.0 cm³/mol. The van der Waals surface area contributed by atoms with Gasteiger partial charge in [0.1, 0.15) is 0 Å². The molecule has 0 aliphatic carbocycles. The van der Waals surface area contributed by atoms with E-state index in [1.165, 1.54) is 5.75 Å². The molecule has 1 saturated heterocycles. The van der Waals surface area contributed by atoms with Crippen molar-refractivity contribution in [3.8, 4) is 0 Å². The lowest BCUT2D eigenvalue weighted by molar-refractivity contribution is -0.131. The van der Waals surface area contributed by atoms with Crippen LogP contribution in [0, 0.1) is 5.92 Å². The molecule has 15 heavy (non-hydrogen) atoms. The van der Waals surface area contributed by atoms with E-state index >= 15 is 0 Å². The molecule has 0 saturated carbocycles. The van der Waals surface area contributed by atoms with Gasteiger partial charge < -0.3 is 10.6 Å². The van der Waals surface area contributed by atoms with Gasteiger partial charge in [-0.25, -0.2) is 0 Å². The van der Waals surface area contributed by atoms with E-state index < -0.39 is 0 Å². The minimum atomic E-state index is 0.317. The van der Waals surface area contributed by atoms with E-state index in [2.05, 4.69) is 6.92 Å². The van der Waals surface area contributed by atoms with Crippen molar-refractivity contribution >= 4 is 17.7 Å². The highest BCUT2D eigenvalue weighted by Crippen LogP contribution is 2.12. The van der Waals surface area contributed by atoms with Gasteiger partial charge in [-0.1, -0.05) is 6.92 Å². The summed E-state index contributed by atoms with van der Waals surface area (Å²) in [5, 5.41) is 0. The number of thioether (sulfide) groups is 1. The molecule has 1 heterocycles. The molecule has 2 N–H and O–H groups in total. The average Bonchev–Trinajstić information content (AvgIpc) is 2.53. The van der Waals surface area contributed by atoms with Gasteiger partial charge in [0.05, 0.1) is 0 Å². The molecule has 0 radical (unpaired) electrons. The Balaban J connectivity index is 2.25. The maximum atomic E-state index is 11.8. The second-order valence-corrected chi connectivity index (χ2v) is 5.45. The molecular weight excluding hydrogens is 208 g/mol. The molecule has 1 amide bonds. The molecule has 1 aliphatic heterocycles. The van der Waals surface area contributed by atoms with Gasteiger partial charge in [0.25, 0.3) is 0 Å². The Kier molecular flexibility index (Phi) is 6.10. The third kappa shape index (κ3) is 4.89. The summed E-state index contributed by atoms with van der Waals surface area (Å²) in [7, 11) is 0. The first-order valence-electron chi connectivity index (χ1n) is 5.79. The van der Waals surface area contributed by atoms with Crippen molar-refractivity contribution < 1.29 is 4.79 Å². The third-order valence-electron chi connectivity index (χ3n) is 2.83. The van der Waals surface area contributed by atoms with Crippen LogP contribution in [-0.2, 0) is 4.79 Å². The highest BCUT2D eigenvalue weighted by Gasteiger charge is 2.15. The standard InChI is InChI=1S/C11H22N2OS/c1-10(9-12)3-4-11(14)13-5-2-7-15-8-6-13/h10H,2-9,12H2,1H3. The van der Waals surface area contributed by atoms with Crippen molar-refractivity contribution in [1.82, 2.24) is 4.90 Å². The van der Waals surface area contributed by atoms with Gasteiger partial charge >= 0.3 is 0 Å². The average molecular weight is 230 g/mol. The van der Waals surface area contributed by atoms with Crippen molar-refractivity contribution in [2.24, 2.45) is 11.7 Å². The molecule has 88 valence electrons. The first-order valence-corrected chi connectivity index (χ1v) is 6.95. The van der Waals surface area contributed by atoms with E-state index in [1.54, 1.807) is 0 Å². The van der Waals surface area contributed by atoms with E-state index in [9.17, 15) is 4.79 Å². The van der Waals surface area contributed by atoms with Gasteiger partial charge in [-0.05, 0) is 31.1 Å². The molecule has 1 atom stereocenters. The van der Waals surface area contributed by atoms with Gasteiger partial charge in [-0.2, -0.15) is 11.8 Å². The number of rotatable bonds is 4. The number of carbonyl (C=O) groups excluding carboxylic acids is 1. The van der Waals surface area contributed by atoms with E-state index in [-0.39, 0.29) is 0 Å². The number of hydrogen-bond donors (Lipinski definition) is 1. The highest BCUT2D eigenvalue weighted by atomic mass is 32.2. The van der Waals surface area contributed by atoms with E-state index in [4.69, 9.17) is 5.73 Å². The van der Waals surface area contributed by atoms with Crippen LogP contribution in [0.4, 0.5) is 0 Å². The lowest BCUT2D eigenvalue weighted by atomic mass is 10.1. The number of amides is 1. The van der Waals surface area contributed by atoms with Crippen LogP contribution in [-0.4, -0.2) is 41.9 Å². The second-order valence-electron chi connectivity index (χ2n) is 4.23. The van der Waals surface area contributed by atoms with Crippen LogP contribution in [0.25, 0.3) is 0 Å². The predicted octanol–water partition coefficient (Wildman–Crippen LogP) is 1.33. The Morgan fingerprint density at radius 3 is 3.00 bits per heavy atom. The molecule has 1 rings (SSSR count). The first kappa shape index (κ1) is 12.8. The van der Waals surface area contributed by atoms with Crippen LogP contribution in [0.15, 0.2) is 0 Å². The van der Waals surface area contributed by atoms with Gasteiger partial charge in [0.2, 0.25) is 5.91 Å². The number of nitrogens with two attached hydrogens (primary N) is 1. The summed E-state index contributed by atoms with van der Waals surface area (Å²) in [6.07, 6.45) is 2.74. The zero-order valence-corrected chi connectivity index (χ0v) is 10.4. The van der Waals surface area contributed by atoms with Crippen molar-refractivity contribution in [3.05, 3.63) is 0 Å². The van der Waals surface area contributed by atoms with E-state index in [0.29, 0.717) is 24.8 Å². The molecule has 4 heteroatoms. The Morgan fingerprint density at radius 1 is 1.47 bits per heavy atom. The SMILES string of the molecule is CC(CN)CCC(=O)N1CCCSCC1. The highest BCUT2D eigenvalue weighted by molar-refractivity contribution is 7.99. The van der Waals surface area contributed by atoms with Gasteiger partial charge in [0, 0.05) is 25.3 Å². The summed E-state index contributed by atoms with van der Waals surface area (Å²) in [4.78, 5) is 13.9. The summed E-state index contributed by atoms with van der Waals surface area (Å²) < 4.78 is 0. The fourth-order valence-electron chi connectivity index (χ4n) is 1.64. The van der Waals surface area contributed by atoms with Crippen molar-refractivity contribution in [3.63, 3.8) is 0 Å². The summed E-state index contributed by atoms with van der Waals surface area (Å²) >= 11 is 1.95. The van der Waals surface area contributed by atoms with Gasteiger partial charge in [-0.3, -0.25) is 4.79 Å². The normalized spacial score (nSPS) is 19.7. The van der Waals surface area contributed by atoms with Crippen LogP contribution in [0.1, 0.15) is 26.2 Å². The van der Waals surface area contributed by atoms with Crippen LogP contribution in [0.3, 0.4) is 0 Å². The Hall–Kier alpha value is -0.220. The Labute approximate surface area is 96.8 Å². The van der Waals surface area contributed by atoms with Crippen molar-refractivity contribution in [2.45, 2.75) is 26.2 Å². The first-order chi connectivity index (χ1) is 7.24. The minimum absolute atomic E-state index is 0.317. The topological polar surface area (TPSA) is 46.3 Å². The lowest BCUT2D eigenvalue weighted by Crippen LogP contribution is -2.33. The fourth-order valence-corrected chi connectivity index (χ4v) is 2.53. The van der Waals surface area contributed by atoms with E-state index in [0.717, 1.165) is 31.7 Å². The van der Waals surface area contributed by atoms with Crippen LogP contribution in [0.5, 0.6) is 0 Å². The zero-order valence-electron chi connectivity index (χ0n) is 9.58.